The molecule has 30 heavy (non-hydrogen) atoms. The Hall–Kier alpha value is -1.95. The largest absolute Gasteiger partial charge is 0.417 e. The molecule has 1 aliphatic heterocycles. The summed E-state index contributed by atoms with van der Waals surface area (Å²) in [6.45, 7) is 1.11. The fourth-order valence-electron chi connectivity index (χ4n) is 3.18. The molecule has 1 N–H and O–H groups in total. The Morgan fingerprint density at radius 3 is 2.17 bits per heavy atom. The Balaban J connectivity index is 2.01. The van der Waals surface area contributed by atoms with Gasteiger partial charge in [0.05, 0.1) is 20.2 Å². The lowest BCUT2D eigenvalue weighted by atomic mass is 9.99. The molecular weight excluding hydrogens is 441 g/mol. The highest BCUT2D eigenvalue weighted by molar-refractivity contribution is 7.91. The Labute approximate surface area is 173 Å². The second-order valence-electron chi connectivity index (χ2n) is 6.94. The zero-order chi connectivity index (χ0) is 22.0. The first-order valence-electron chi connectivity index (χ1n) is 9.16. The Morgan fingerprint density at radius 1 is 0.933 bits per heavy atom. The van der Waals surface area contributed by atoms with Crippen LogP contribution in [0.25, 0.3) is 0 Å². The van der Waals surface area contributed by atoms with Crippen molar-refractivity contribution < 1.29 is 30.0 Å². The van der Waals surface area contributed by atoms with Crippen LogP contribution in [-0.4, -0.2) is 36.5 Å². The van der Waals surface area contributed by atoms with Gasteiger partial charge in [-0.2, -0.15) is 13.2 Å². The molecular formula is C19H20F3N2O4S2. The van der Waals surface area contributed by atoms with Crippen LogP contribution in [0.4, 0.5) is 13.2 Å². The molecule has 1 aliphatic rings. The van der Waals surface area contributed by atoms with Crippen molar-refractivity contribution in [1.29, 1.82) is 0 Å². The second-order valence-corrected chi connectivity index (χ2v) is 10.6. The first-order valence-corrected chi connectivity index (χ1v) is 12.1. The van der Waals surface area contributed by atoms with Crippen molar-refractivity contribution in [3.63, 3.8) is 0 Å². The SMILES string of the molecule is O=S(=O)(NCC1CC[N]CC1)c1cc(S(=O)(=O)c2ccccc2)ccc1C(F)(F)F. The number of alkyl halides is 3. The summed E-state index contributed by atoms with van der Waals surface area (Å²) in [7, 11) is -8.79. The maximum absolute atomic E-state index is 13.5. The van der Waals surface area contributed by atoms with Crippen LogP contribution >= 0.6 is 0 Å². The van der Waals surface area contributed by atoms with Crippen LogP contribution in [0.15, 0.2) is 63.2 Å². The number of nitrogens with zero attached hydrogens (tertiary/aromatic N) is 1. The molecule has 2 aromatic carbocycles. The van der Waals surface area contributed by atoms with Gasteiger partial charge in [-0.05, 0) is 49.1 Å². The number of sulfone groups is 1. The van der Waals surface area contributed by atoms with E-state index >= 15 is 0 Å². The summed E-state index contributed by atoms with van der Waals surface area (Å²) in [6, 6.07) is 8.92. The van der Waals surface area contributed by atoms with Crippen molar-refractivity contribution in [2.45, 2.75) is 33.7 Å². The van der Waals surface area contributed by atoms with Gasteiger partial charge in [0.15, 0.2) is 0 Å². The van der Waals surface area contributed by atoms with Gasteiger partial charge in [0.25, 0.3) is 0 Å². The third-order valence-corrected chi connectivity index (χ3v) is 8.10. The van der Waals surface area contributed by atoms with E-state index in [1.165, 1.54) is 24.3 Å². The average molecular weight is 462 g/mol. The van der Waals surface area contributed by atoms with E-state index in [0.29, 0.717) is 38.1 Å². The molecule has 163 valence electrons. The maximum atomic E-state index is 13.5. The first kappa shape index (κ1) is 22.7. The molecule has 0 aliphatic carbocycles. The average Bonchev–Trinajstić information content (AvgIpc) is 2.72. The van der Waals surface area contributed by atoms with E-state index < -0.39 is 41.4 Å². The summed E-state index contributed by atoms with van der Waals surface area (Å²) in [5.41, 5.74) is -1.42. The number of nitrogens with one attached hydrogen (secondary N) is 1. The predicted molar refractivity (Wildman–Crippen MR) is 103 cm³/mol. The van der Waals surface area contributed by atoms with Crippen molar-refractivity contribution in [3.8, 4) is 0 Å². The maximum Gasteiger partial charge on any atom is 0.417 e. The molecule has 0 unspecified atom stereocenters. The molecule has 1 heterocycles. The van der Waals surface area contributed by atoms with E-state index in [9.17, 15) is 30.0 Å². The van der Waals surface area contributed by atoms with Gasteiger partial charge >= 0.3 is 6.18 Å². The third-order valence-electron chi connectivity index (χ3n) is 4.86. The van der Waals surface area contributed by atoms with Gasteiger partial charge in [0, 0.05) is 19.6 Å². The molecule has 1 radical (unpaired) electrons. The summed E-state index contributed by atoms with van der Waals surface area (Å²) in [5, 5.41) is 4.15. The molecule has 0 bridgehead atoms. The minimum absolute atomic E-state index is 0.0369. The Morgan fingerprint density at radius 2 is 1.57 bits per heavy atom. The highest BCUT2D eigenvalue weighted by atomic mass is 32.2. The molecule has 3 rings (SSSR count). The number of benzene rings is 2. The standard InChI is InChI=1S/C19H20F3N2O4S2/c20-19(21,22)17-7-6-16(29(25,26)15-4-2-1-3-5-15)12-18(17)30(27,28)24-13-14-8-10-23-11-9-14/h1-7,12,14,24H,8-11,13H2. The van der Waals surface area contributed by atoms with Gasteiger partial charge in [0.1, 0.15) is 0 Å². The topological polar surface area (TPSA) is 94.4 Å². The zero-order valence-electron chi connectivity index (χ0n) is 15.8. The van der Waals surface area contributed by atoms with E-state index in [2.05, 4.69) is 10.0 Å². The van der Waals surface area contributed by atoms with Gasteiger partial charge < -0.3 is 0 Å². The van der Waals surface area contributed by atoms with Crippen molar-refractivity contribution in [1.82, 2.24) is 10.0 Å². The molecule has 6 nitrogen and oxygen atoms in total. The lowest BCUT2D eigenvalue weighted by Gasteiger charge is -2.22. The van der Waals surface area contributed by atoms with E-state index in [1.54, 1.807) is 6.07 Å². The van der Waals surface area contributed by atoms with E-state index in [4.69, 9.17) is 0 Å². The van der Waals surface area contributed by atoms with Crippen molar-refractivity contribution >= 4 is 19.9 Å². The fourth-order valence-corrected chi connectivity index (χ4v) is 5.92. The molecule has 1 fully saturated rings. The quantitative estimate of drug-likeness (QED) is 0.716. The molecule has 0 aromatic heterocycles. The molecule has 11 heteroatoms. The van der Waals surface area contributed by atoms with Gasteiger partial charge in [-0.1, -0.05) is 18.2 Å². The smallest absolute Gasteiger partial charge is 0.242 e. The lowest BCUT2D eigenvalue weighted by Crippen LogP contribution is -2.34. The minimum Gasteiger partial charge on any atom is -0.242 e. The van der Waals surface area contributed by atoms with Crippen LogP contribution in [0.5, 0.6) is 0 Å². The fraction of sp³-hybridized carbons (Fsp3) is 0.368. The minimum atomic E-state index is -4.97. The Bertz CT molecular complexity index is 1100. The van der Waals surface area contributed by atoms with E-state index in [0.717, 1.165) is 6.07 Å². The molecule has 0 saturated carbocycles. The molecule has 0 amide bonds. The highest BCUT2D eigenvalue weighted by Crippen LogP contribution is 2.36. The van der Waals surface area contributed by atoms with Crippen LogP contribution in [0.3, 0.4) is 0 Å². The molecule has 1 saturated heterocycles. The van der Waals surface area contributed by atoms with Crippen LogP contribution in [0.1, 0.15) is 18.4 Å². The molecule has 0 atom stereocenters. The number of hydrogen-bond acceptors (Lipinski definition) is 4. The summed E-state index contributed by atoms with van der Waals surface area (Å²) < 4.78 is 93.6. The zero-order valence-corrected chi connectivity index (χ0v) is 17.4. The molecule has 0 spiro atoms. The van der Waals surface area contributed by atoms with Gasteiger partial charge in [0.2, 0.25) is 19.9 Å². The lowest BCUT2D eigenvalue weighted by molar-refractivity contribution is -0.139. The van der Waals surface area contributed by atoms with Crippen LogP contribution < -0.4 is 10.0 Å². The second kappa shape index (κ2) is 8.66. The summed E-state index contributed by atoms with van der Waals surface area (Å²) in [4.78, 5) is -1.78. The predicted octanol–water partition coefficient (Wildman–Crippen LogP) is 2.83. The van der Waals surface area contributed by atoms with E-state index in [1.807, 2.05) is 0 Å². The number of sulfonamides is 1. The van der Waals surface area contributed by atoms with Crippen molar-refractivity contribution in [2.24, 2.45) is 5.92 Å². The van der Waals surface area contributed by atoms with Crippen molar-refractivity contribution in [3.05, 3.63) is 54.1 Å². The summed E-state index contributed by atoms with van der Waals surface area (Å²) in [6.07, 6.45) is -3.70. The monoisotopic (exact) mass is 461 g/mol. The highest BCUT2D eigenvalue weighted by Gasteiger charge is 2.38. The van der Waals surface area contributed by atoms with E-state index in [-0.39, 0.29) is 17.4 Å². The third kappa shape index (κ3) is 5.02. The first-order chi connectivity index (χ1) is 14.0. The number of piperidine rings is 1. The summed E-state index contributed by atoms with van der Waals surface area (Å²) in [5.74, 6) is -0.0390. The number of hydrogen-bond donors (Lipinski definition) is 1. The van der Waals surface area contributed by atoms with Crippen LogP contribution in [-0.2, 0) is 26.0 Å². The van der Waals surface area contributed by atoms with Gasteiger partial charge in [-0.3, -0.25) is 0 Å². The van der Waals surface area contributed by atoms with Crippen molar-refractivity contribution in [2.75, 3.05) is 19.6 Å². The Kier molecular flexibility index (Phi) is 6.56. The van der Waals surface area contributed by atoms with Crippen LogP contribution in [0.2, 0.25) is 0 Å². The molecule has 2 aromatic rings. The number of halogens is 3. The van der Waals surface area contributed by atoms with Gasteiger partial charge in [-0.15, -0.1) is 0 Å². The normalized spacial score (nSPS) is 16.5. The number of rotatable bonds is 6. The van der Waals surface area contributed by atoms with Crippen LogP contribution in [0, 0.1) is 5.92 Å². The van der Waals surface area contributed by atoms with Gasteiger partial charge in [-0.25, -0.2) is 26.9 Å². The summed E-state index contributed by atoms with van der Waals surface area (Å²) >= 11 is 0.